The smallest absolute Gasteiger partial charge is 0.0150 e. The van der Waals surface area contributed by atoms with Gasteiger partial charge in [0, 0.05) is 17.4 Å². The van der Waals surface area contributed by atoms with Gasteiger partial charge in [0.15, 0.2) is 0 Å². The molecule has 0 bridgehead atoms. The molecule has 2 nitrogen and oxygen atoms in total. The Kier molecular flexibility index (Phi) is 2.40. The van der Waals surface area contributed by atoms with Gasteiger partial charge >= 0.3 is 0 Å². The van der Waals surface area contributed by atoms with Crippen LogP contribution in [0.3, 0.4) is 0 Å². The number of aromatic amines is 1. The summed E-state index contributed by atoms with van der Waals surface area (Å²) in [6.07, 6.45) is 3.92. The van der Waals surface area contributed by atoms with Crippen molar-refractivity contribution in [2.24, 2.45) is 0 Å². The highest BCUT2D eigenvalue weighted by Crippen LogP contribution is 2.18. The van der Waals surface area contributed by atoms with Crippen molar-refractivity contribution in [3.63, 3.8) is 0 Å². The van der Waals surface area contributed by atoms with Crippen molar-refractivity contribution in [3.05, 3.63) is 23.0 Å². The molecule has 0 atom stereocenters. The average Bonchev–Trinajstić information content (AvgIpc) is 2.81. The number of hydrogen-bond donors (Lipinski definition) is 2. The molecule has 1 fully saturated rings. The van der Waals surface area contributed by atoms with Crippen molar-refractivity contribution >= 4 is 0 Å². The van der Waals surface area contributed by atoms with Gasteiger partial charge in [-0.25, -0.2) is 0 Å². The molecule has 0 unspecified atom stereocenters. The third-order valence-corrected chi connectivity index (χ3v) is 2.66. The Balaban J connectivity index is 1.81. The van der Waals surface area contributed by atoms with Crippen molar-refractivity contribution in [2.75, 3.05) is 6.54 Å². The first-order valence-electron chi connectivity index (χ1n) is 5.14. The zero-order valence-electron chi connectivity index (χ0n) is 8.48. The molecule has 1 aromatic heterocycles. The lowest BCUT2D eigenvalue weighted by Gasteiger charge is -2.01. The van der Waals surface area contributed by atoms with Gasteiger partial charge in [-0.1, -0.05) is 0 Å². The zero-order chi connectivity index (χ0) is 9.26. The van der Waals surface area contributed by atoms with Gasteiger partial charge in [0.05, 0.1) is 0 Å². The highest BCUT2D eigenvalue weighted by molar-refractivity contribution is 5.24. The summed E-state index contributed by atoms with van der Waals surface area (Å²) >= 11 is 0. The Hall–Kier alpha value is -0.760. The van der Waals surface area contributed by atoms with Crippen LogP contribution >= 0.6 is 0 Å². The van der Waals surface area contributed by atoms with Crippen molar-refractivity contribution in [1.29, 1.82) is 0 Å². The van der Waals surface area contributed by atoms with Crippen LogP contribution in [0.15, 0.2) is 6.07 Å². The van der Waals surface area contributed by atoms with E-state index >= 15 is 0 Å². The normalized spacial score (nSPS) is 16.5. The molecular weight excluding hydrogens is 160 g/mol. The fourth-order valence-corrected chi connectivity index (χ4v) is 1.74. The fraction of sp³-hybridized carbons (Fsp3) is 0.636. The molecule has 0 aliphatic heterocycles. The van der Waals surface area contributed by atoms with Crippen LogP contribution < -0.4 is 5.32 Å². The van der Waals surface area contributed by atoms with E-state index in [2.05, 4.69) is 30.2 Å². The van der Waals surface area contributed by atoms with Crippen molar-refractivity contribution in [1.82, 2.24) is 10.3 Å². The second-order valence-electron chi connectivity index (χ2n) is 4.08. The summed E-state index contributed by atoms with van der Waals surface area (Å²) in [5.41, 5.74) is 4.07. The fourth-order valence-electron chi connectivity index (χ4n) is 1.74. The summed E-state index contributed by atoms with van der Waals surface area (Å²) in [4.78, 5) is 3.33. The number of hydrogen-bond acceptors (Lipinski definition) is 1. The van der Waals surface area contributed by atoms with Gasteiger partial charge < -0.3 is 10.3 Å². The SMILES string of the molecule is Cc1cc(CCNC2CC2)c(C)[nH]1. The number of nitrogens with one attached hydrogen (secondary N) is 2. The van der Waals surface area contributed by atoms with Crippen LogP contribution in [0.25, 0.3) is 0 Å². The highest BCUT2D eigenvalue weighted by Gasteiger charge is 2.19. The Labute approximate surface area is 79.7 Å². The lowest BCUT2D eigenvalue weighted by atomic mass is 10.2. The first-order chi connectivity index (χ1) is 6.25. The molecule has 0 amide bonds. The van der Waals surface area contributed by atoms with E-state index in [9.17, 15) is 0 Å². The molecule has 0 spiro atoms. The van der Waals surface area contributed by atoms with Gasteiger partial charge in [-0.15, -0.1) is 0 Å². The van der Waals surface area contributed by atoms with Crippen LogP contribution in [0.5, 0.6) is 0 Å². The standard InChI is InChI=1S/C11H18N2/c1-8-7-10(9(2)13-8)5-6-12-11-3-4-11/h7,11-13H,3-6H2,1-2H3. The van der Waals surface area contributed by atoms with Crippen LogP contribution in [0.2, 0.25) is 0 Å². The first kappa shape index (κ1) is 8.82. The van der Waals surface area contributed by atoms with Crippen LogP contribution in [-0.2, 0) is 6.42 Å². The topological polar surface area (TPSA) is 27.8 Å². The lowest BCUT2D eigenvalue weighted by Crippen LogP contribution is -2.19. The Bertz CT molecular complexity index is 284. The molecule has 2 heteroatoms. The molecule has 0 aromatic carbocycles. The van der Waals surface area contributed by atoms with Gasteiger partial charge in [0.1, 0.15) is 0 Å². The Morgan fingerprint density at radius 2 is 2.23 bits per heavy atom. The van der Waals surface area contributed by atoms with E-state index in [4.69, 9.17) is 0 Å². The van der Waals surface area contributed by atoms with E-state index in [0.29, 0.717) is 0 Å². The van der Waals surface area contributed by atoms with Gasteiger partial charge in [0.25, 0.3) is 0 Å². The molecule has 72 valence electrons. The van der Waals surface area contributed by atoms with Gasteiger partial charge in [-0.05, 0) is 51.3 Å². The molecule has 2 N–H and O–H groups in total. The molecule has 1 saturated carbocycles. The molecular formula is C11H18N2. The molecule has 0 radical (unpaired) electrons. The monoisotopic (exact) mass is 178 g/mol. The van der Waals surface area contributed by atoms with E-state index in [-0.39, 0.29) is 0 Å². The van der Waals surface area contributed by atoms with Crippen LogP contribution in [0, 0.1) is 13.8 Å². The van der Waals surface area contributed by atoms with Crippen molar-refractivity contribution in [2.45, 2.75) is 39.2 Å². The number of H-pyrrole nitrogens is 1. The van der Waals surface area contributed by atoms with Gasteiger partial charge in [-0.2, -0.15) is 0 Å². The minimum atomic E-state index is 0.834. The number of aryl methyl sites for hydroxylation is 2. The summed E-state index contributed by atoms with van der Waals surface area (Å²) in [6.45, 7) is 5.40. The predicted molar refractivity (Wildman–Crippen MR) is 55.0 cm³/mol. The lowest BCUT2D eigenvalue weighted by molar-refractivity contribution is 0.681. The molecule has 13 heavy (non-hydrogen) atoms. The summed E-state index contributed by atoms with van der Waals surface area (Å²) in [6, 6.07) is 3.09. The Morgan fingerprint density at radius 1 is 1.46 bits per heavy atom. The van der Waals surface area contributed by atoms with E-state index in [1.165, 1.54) is 29.8 Å². The predicted octanol–water partition coefficient (Wildman–Crippen LogP) is 1.93. The second-order valence-corrected chi connectivity index (χ2v) is 4.08. The van der Waals surface area contributed by atoms with Gasteiger partial charge in [0.2, 0.25) is 0 Å². The third-order valence-electron chi connectivity index (χ3n) is 2.66. The van der Waals surface area contributed by atoms with E-state index in [1.807, 2.05) is 0 Å². The molecule has 1 heterocycles. The zero-order valence-corrected chi connectivity index (χ0v) is 8.48. The van der Waals surface area contributed by atoms with Crippen molar-refractivity contribution in [3.8, 4) is 0 Å². The largest absolute Gasteiger partial charge is 0.362 e. The van der Waals surface area contributed by atoms with Crippen LogP contribution in [-0.4, -0.2) is 17.6 Å². The summed E-state index contributed by atoms with van der Waals surface area (Å²) in [5, 5.41) is 3.53. The summed E-state index contributed by atoms with van der Waals surface area (Å²) in [5.74, 6) is 0. The quantitative estimate of drug-likeness (QED) is 0.724. The van der Waals surface area contributed by atoms with Crippen molar-refractivity contribution < 1.29 is 0 Å². The average molecular weight is 178 g/mol. The van der Waals surface area contributed by atoms with E-state index < -0.39 is 0 Å². The van der Waals surface area contributed by atoms with Crippen LogP contribution in [0.1, 0.15) is 29.8 Å². The molecule has 1 aliphatic carbocycles. The summed E-state index contributed by atoms with van der Waals surface area (Å²) < 4.78 is 0. The maximum absolute atomic E-state index is 3.53. The maximum Gasteiger partial charge on any atom is 0.0150 e. The molecule has 2 rings (SSSR count). The Morgan fingerprint density at radius 3 is 2.77 bits per heavy atom. The minimum Gasteiger partial charge on any atom is -0.362 e. The highest BCUT2D eigenvalue weighted by atomic mass is 14.9. The molecule has 1 aliphatic rings. The second kappa shape index (κ2) is 3.54. The number of aromatic nitrogens is 1. The van der Waals surface area contributed by atoms with E-state index in [0.717, 1.165) is 19.0 Å². The maximum atomic E-state index is 3.53. The number of rotatable bonds is 4. The molecule has 0 saturated heterocycles. The van der Waals surface area contributed by atoms with Crippen LogP contribution in [0.4, 0.5) is 0 Å². The first-order valence-corrected chi connectivity index (χ1v) is 5.14. The summed E-state index contributed by atoms with van der Waals surface area (Å²) in [7, 11) is 0. The minimum absolute atomic E-state index is 0.834. The van der Waals surface area contributed by atoms with E-state index in [1.54, 1.807) is 0 Å². The van der Waals surface area contributed by atoms with Gasteiger partial charge in [-0.3, -0.25) is 0 Å². The third kappa shape index (κ3) is 2.34. The molecule has 1 aromatic rings.